The van der Waals surface area contributed by atoms with Gasteiger partial charge in [0.05, 0.1) is 0 Å². The fourth-order valence-electron chi connectivity index (χ4n) is 5.99. The molecule has 0 radical (unpaired) electrons. The second-order valence-corrected chi connectivity index (χ2v) is 14.7. The van der Waals surface area contributed by atoms with Gasteiger partial charge in [0, 0.05) is 0 Å². The molecular weight excluding hydrogens is 555 g/mol. The summed E-state index contributed by atoms with van der Waals surface area (Å²) in [6.07, 6.45) is 4.63. The van der Waals surface area contributed by atoms with E-state index >= 15 is 0 Å². The van der Waals surface area contributed by atoms with E-state index in [2.05, 4.69) is 130 Å². The molecule has 0 heterocycles. The molecule has 1 aliphatic rings. The largest absolute Gasteiger partial charge is 1.00 e. The minimum absolute atomic E-state index is 0. The van der Waals surface area contributed by atoms with Crippen molar-refractivity contribution in [3.8, 4) is 0 Å². The summed E-state index contributed by atoms with van der Waals surface area (Å²) in [4.78, 5) is 0. The smallest absolute Gasteiger partial charge is 1.00 e. The Labute approximate surface area is 249 Å². The fourth-order valence-corrected chi connectivity index (χ4v) is 12.7. The molecule has 0 aromatic heterocycles. The standard InChI is InChI=1S/C31H35Si.3ClH.Ti/c1-8-27-10-9-11-31(27)32(28-15-21(2)12-22(3)16-28,29-17-23(4)13-24(5)18-29)30-19-25(6)14-26(7)20-30;;;;/h9,12-20H,8,11H2,1-7H3;3*1H;/q;;;;+3/p-3. The molecule has 3 aromatic rings. The van der Waals surface area contributed by atoms with Crippen molar-refractivity contribution < 1.29 is 57.7 Å². The van der Waals surface area contributed by atoms with Crippen LogP contribution in [0.3, 0.4) is 0 Å². The first-order valence-corrected chi connectivity index (χ1v) is 14.8. The van der Waals surface area contributed by atoms with Gasteiger partial charge in [-0.25, -0.2) is 0 Å². The van der Waals surface area contributed by atoms with E-state index in [1.165, 1.54) is 52.8 Å². The van der Waals surface area contributed by atoms with Crippen molar-refractivity contribution in [2.75, 3.05) is 0 Å². The van der Waals surface area contributed by atoms with Crippen LogP contribution in [-0.2, 0) is 20.4 Å². The quantitative estimate of drug-likeness (QED) is 0.222. The van der Waals surface area contributed by atoms with Crippen molar-refractivity contribution in [1.29, 1.82) is 0 Å². The number of allylic oxidation sites excluding steroid dienone is 4. The third-order valence-electron chi connectivity index (χ3n) is 6.97. The van der Waals surface area contributed by atoms with E-state index in [4.69, 9.17) is 0 Å². The van der Waals surface area contributed by atoms with Gasteiger partial charge in [-0.05, 0) is 0 Å². The number of aryl methyl sites for hydroxylation is 6. The molecular formula is C31H35Cl3SiTi. The van der Waals surface area contributed by atoms with Crippen molar-refractivity contribution >= 4 is 23.6 Å². The molecule has 0 unspecified atom stereocenters. The maximum absolute atomic E-state index is 2.49. The zero-order chi connectivity index (χ0) is 23.9. The number of halogens is 3. The van der Waals surface area contributed by atoms with E-state index < -0.39 is 8.07 Å². The summed E-state index contributed by atoms with van der Waals surface area (Å²) in [5, 5.41) is 6.26. The summed E-state index contributed by atoms with van der Waals surface area (Å²) < 4.78 is 1.47. The van der Waals surface area contributed by atoms with Gasteiger partial charge in [0.1, 0.15) is 0 Å². The number of rotatable bonds is 5. The molecule has 0 saturated carbocycles. The van der Waals surface area contributed by atoms with Crippen LogP contribution in [0.5, 0.6) is 0 Å². The second-order valence-electron chi connectivity index (χ2n) is 10.0. The Morgan fingerprint density at radius 3 is 1.17 bits per heavy atom. The van der Waals surface area contributed by atoms with Gasteiger partial charge >= 0.3 is 214 Å². The summed E-state index contributed by atoms with van der Waals surface area (Å²) in [7, 11) is -2.48. The monoisotopic (exact) mass is 588 g/mol. The average molecular weight is 590 g/mol. The first-order chi connectivity index (χ1) is 15.6. The molecule has 188 valence electrons. The molecule has 1 aliphatic carbocycles. The molecule has 0 aliphatic heterocycles. The molecule has 0 fully saturated rings. The summed E-state index contributed by atoms with van der Waals surface area (Å²) in [6, 6.07) is 21.9. The van der Waals surface area contributed by atoms with Crippen molar-refractivity contribution in [1.82, 2.24) is 0 Å². The van der Waals surface area contributed by atoms with E-state index in [0.717, 1.165) is 12.8 Å². The first kappa shape index (κ1) is 33.0. The van der Waals surface area contributed by atoms with Gasteiger partial charge in [-0.2, -0.15) is 0 Å². The van der Waals surface area contributed by atoms with Crippen molar-refractivity contribution in [3.63, 3.8) is 0 Å². The van der Waals surface area contributed by atoms with Gasteiger partial charge in [0.15, 0.2) is 0 Å². The van der Waals surface area contributed by atoms with Crippen LogP contribution >= 0.6 is 0 Å². The zero-order valence-electron chi connectivity index (χ0n) is 22.3. The molecule has 0 bridgehead atoms. The Morgan fingerprint density at radius 1 is 0.583 bits per heavy atom. The summed E-state index contributed by atoms with van der Waals surface area (Å²) in [5.74, 6) is 0. The van der Waals surface area contributed by atoms with Crippen molar-refractivity contribution in [2.24, 2.45) is 0 Å². The molecule has 36 heavy (non-hydrogen) atoms. The fraction of sp³-hybridized carbons (Fsp3) is 0.290. The Kier molecular flexibility index (Phi) is 12.0. The van der Waals surface area contributed by atoms with E-state index in [-0.39, 0.29) is 37.2 Å². The van der Waals surface area contributed by atoms with Gasteiger partial charge < -0.3 is 37.2 Å². The predicted molar refractivity (Wildman–Crippen MR) is 142 cm³/mol. The molecule has 5 heteroatoms. The Bertz CT molecular complexity index is 1120. The minimum Gasteiger partial charge on any atom is -1.00 e. The van der Waals surface area contributed by atoms with E-state index in [9.17, 15) is 0 Å². The van der Waals surface area contributed by atoms with Crippen LogP contribution in [0.15, 0.2) is 75.3 Å². The maximum Gasteiger partial charge on any atom is -1.00 e. The molecule has 0 N–H and O–H groups in total. The Balaban J connectivity index is 0.00000216. The van der Waals surface area contributed by atoms with E-state index in [1.807, 2.05) is 0 Å². The minimum atomic E-state index is -2.48. The van der Waals surface area contributed by atoms with Gasteiger partial charge in [0.2, 0.25) is 0 Å². The number of benzene rings is 3. The van der Waals surface area contributed by atoms with Crippen molar-refractivity contribution in [3.05, 3.63) is 109 Å². The van der Waals surface area contributed by atoms with Crippen LogP contribution in [0, 0.1) is 41.5 Å². The van der Waals surface area contributed by atoms with Gasteiger partial charge in [-0.3, -0.25) is 0 Å². The van der Waals surface area contributed by atoms with Gasteiger partial charge in [-0.15, -0.1) is 0 Å². The Morgan fingerprint density at radius 2 is 0.889 bits per heavy atom. The summed E-state index contributed by atoms with van der Waals surface area (Å²) >= 11 is 2.31. The van der Waals surface area contributed by atoms with Crippen molar-refractivity contribution in [2.45, 2.75) is 61.3 Å². The van der Waals surface area contributed by atoms with E-state index in [0.29, 0.717) is 0 Å². The van der Waals surface area contributed by atoms with E-state index in [1.54, 1.807) is 10.8 Å². The number of hydrogen-bond donors (Lipinski definition) is 0. The van der Waals surface area contributed by atoms with Crippen LogP contribution in [0.4, 0.5) is 0 Å². The molecule has 4 rings (SSSR count). The third-order valence-corrected chi connectivity index (χ3v) is 12.6. The molecule has 0 amide bonds. The average Bonchev–Trinajstić information content (AvgIpc) is 3.07. The normalized spacial score (nSPS) is 13.0. The molecule has 0 spiro atoms. The van der Waals surface area contributed by atoms with Gasteiger partial charge in [-0.1, -0.05) is 0 Å². The van der Waals surface area contributed by atoms with Crippen LogP contribution in [0.1, 0.15) is 53.1 Å². The van der Waals surface area contributed by atoms with Gasteiger partial charge in [0.25, 0.3) is 0 Å². The predicted octanol–water partition coefficient (Wildman–Crippen LogP) is -2.90. The molecule has 3 aromatic carbocycles. The van der Waals surface area contributed by atoms with Crippen LogP contribution in [0.25, 0.3) is 0 Å². The van der Waals surface area contributed by atoms with Crippen LogP contribution < -0.4 is 52.8 Å². The molecule has 0 nitrogen and oxygen atoms in total. The first-order valence-electron chi connectivity index (χ1n) is 12.1. The topological polar surface area (TPSA) is 0 Å². The molecule has 0 saturated heterocycles. The maximum atomic E-state index is 2.49. The zero-order valence-corrected chi connectivity index (χ0v) is 27.2. The third kappa shape index (κ3) is 6.15. The Hall–Kier alpha value is -1.06. The SMILES string of the molecule is CCC1=C([Si](c2cc(C)cc(C)c2)(c2cc(C)cc(C)c2)c2cc(C)cc(C)c2)CC=[C]1[Ti+3].[Cl-].[Cl-].[Cl-]. The second kappa shape index (κ2) is 13.1. The summed E-state index contributed by atoms with van der Waals surface area (Å²) in [6.45, 7) is 15.9. The van der Waals surface area contributed by atoms with Crippen LogP contribution in [-0.4, -0.2) is 8.07 Å². The number of hydrogen-bond acceptors (Lipinski definition) is 0. The van der Waals surface area contributed by atoms with Crippen LogP contribution in [0.2, 0.25) is 0 Å². The molecule has 0 atom stereocenters. The summed E-state index contributed by atoms with van der Waals surface area (Å²) in [5.41, 5.74) is 9.73.